The molecule has 0 aliphatic carbocycles. The number of urea groups is 1. The zero-order valence-electron chi connectivity index (χ0n) is 64.6. The first-order valence-electron chi connectivity index (χ1n) is 38.5. The minimum atomic E-state index is -1.50. The van der Waals surface area contributed by atoms with Crippen LogP contribution in [0.15, 0.2) is 24.3 Å². The Morgan fingerprint density at radius 3 is 1.34 bits per heavy atom. The number of carboxylic acids is 8. The van der Waals surface area contributed by atoms with Gasteiger partial charge in [0.15, 0.2) is 0 Å². The summed E-state index contributed by atoms with van der Waals surface area (Å²) in [5.74, 6) is -8.36. The first-order chi connectivity index (χ1) is 54.0. The number of unbranched alkanes of at least 4 members (excludes halogenated alkanes) is 8. The zero-order chi connectivity index (χ0) is 81.4. The van der Waals surface area contributed by atoms with Gasteiger partial charge in [0.05, 0.1) is 138 Å². The molecule has 3 amide bonds. The molecule has 2 fully saturated rings. The number of piperazine rings is 1. The van der Waals surface area contributed by atoms with E-state index in [0.717, 1.165) is 76.6 Å². The van der Waals surface area contributed by atoms with E-state index in [1.807, 2.05) is 24.3 Å². The molecule has 0 bridgehead atoms. The molecule has 4 rings (SSSR count). The molecule has 1 aromatic carbocycles. The van der Waals surface area contributed by atoms with Gasteiger partial charge in [0, 0.05) is 147 Å². The molecule has 2 saturated heterocycles. The number of carboxylic acid groups (broad SMARTS) is 8. The van der Waals surface area contributed by atoms with Gasteiger partial charge in [-0.25, -0.2) is 14.4 Å². The van der Waals surface area contributed by atoms with Crippen LogP contribution in [0.25, 0.3) is 0 Å². The predicted octanol–water partition coefficient (Wildman–Crippen LogP) is 1.10. The van der Waals surface area contributed by atoms with Gasteiger partial charge in [0.1, 0.15) is 12.1 Å². The van der Waals surface area contributed by atoms with E-state index >= 15 is 0 Å². The van der Waals surface area contributed by atoms with E-state index in [2.05, 4.69) is 36.4 Å². The predicted molar refractivity (Wildman–Crippen MR) is 404 cm³/mol. The van der Waals surface area contributed by atoms with Crippen molar-refractivity contribution in [2.75, 3.05) is 239 Å². The van der Waals surface area contributed by atoms with E-state index in [4.69, 9.17) is 63.1 Å². The number of aliphatic carboxylic acids is 8. The summed E-state index contributed by atoms with van der Waals surface area (Å²) in [4.78, 5) is 143. The third-order valence-electron chi connectivity index (χ3n) is 17.8. The third-order valence-corrected chi connectivity index (χ3v) is 17.8. The standard InChI is InChI=1S/C72H120N14O26.Lu/c87-60(73-20-9-8-11-58(67(100)101)76-72(104)77-59(68(102)103)17-18-61(88)89)12-7-5-3-1-2-4-6-10-22-81-27-30-85(31-28-81)71-79-69(74-21-34-106-36-38-108-40-42-110-44-46-112-48-47-111-45-43-109-41-39-107-37-35-105-33-19-62(90)91)78-70(80-71)75-56-15-13-55(14-16-56)49-57-50-84(53-65(96)97)26-25-82(51-63(92)93)23-24-83(52-64(94)95)29-32-86(57)54-66(98)99;/h13-16,57-59H,1-12,17-54H2,(H,73,87)(H,88,89)(H,90,91)(H,92,93)(H,94,95)(H,96,97)(H,98,99)(H,100,101)(H,102,103)(H2,76,77,104)(H2,74,75,78,79,80);/t57?,58-,59-;/m0./s1. The molecule has 1 radical (unpaired) electrons. The van der Waals surface area contributed by atoms with Gasteiger partial charge in [-0.15, -0.1) is 0 Å². The number of aromatic nitrogens is 3. The van der Waals surface area contributed by atoms with Crippen molar-refractivity contribution in [1.29, 1.82) is 0 Å². The Morgan fingerprint density at radius 1 is 0.407 bits per heavy atom. The molecule has 2 aliphatic rings. The van der Waals surface area contributed by atoms with Gasteiger partial charge in [0.2, 0.25) is 23.8 Å². The molecule has 2 aliphatic heterocycles. The van der Waals surface area contributed by atoms with Gasteiger partial charge >= 0.3 is 53.8 Å². The van der Waals surface area contributed by atoms with E-state index in [1.165, 1.54) is 0 Å². The average molecular weight is 1770 g/mol. The van der Waals surface area contributed by atoms with Gasteiger partial charge in [-0.2, -0.15) is 15.0 Å². The van der Waals surface area contributed by atoms with Crippen LogP contribution in [0.5, 0.6) is 0 Å². The van der Waals surface area contributed by atoms with Crippen molar-refractivity contribution in [3.63, 3.8) is 0 Å². The second-order valence-corrected chi connectivity index (χ2v) is 26.8. The number of anilines is 4. The molecule has 3 heterocycles. The van der Waals surface area contributed by atoms with Gasteiger partial charge in [0.25, 0.3) is 0 Å². The summed E-state index contributed by atoms with van der Waals surface area (Å²) < 4.78 is 44.2. The molecule has 0 spiro atoms. The van der Waals surface area contributed by atoms with E-state index in [-0.39, 0.29) is 146 Å². The zero-order valence-corrected chi connectivity index (χ0v) is 66.3. The van der Waals surface area contributed by atoms with Crippen molar-refractivity contribution in [2.24, 2.45) is 0 Å². The fraction of sp³-hybridized carbons (Fsp3) is 0.736. The average Bonchev–Trinajstić information content (AvgIpc) is 0.820. The summed E-state index contributed by atoms with van der Waals surface area (Å²) in [5, 5.41) is 89.5. The van der Waals surface area contributed by atoms with E-state index in [9.17, 15) is 78.6 Å². The number of nitrogens with zero attached hydrogens (tertiary/aromatic N) is 9. The van der Waals surface area contributed by atoms with Crippen molar-refractivity contribution in [3.8, 4) is 0 Å². The summed E-state index contributed by atoms with van der Waals surface area (Å²) in [6, 6.07) is 2.99. The maximum absolute atomic E-state index is 12.5. The Hall–Kier alpha value is -7.16. The second-order valence-electron chi connectivity index (χ2n) is 26.8. The Labute approximate surface area is 688 Å². The topological polar surface area (TPSA) is 525 Å². The quantitative estimate of drug-likeness (QED) is 0.0412. The van der Waals surface area contributed by atoms with Crippen LogP contribution in [-0.4, -0.2) is 382 Å². The van der Waals surface area contributed by atoms with Crippen LogP contribution < -0.4 is 31.5 Å². The number of nitrogens with one attached hydrogen (secondary N) is 5. The molecule has 1 aromatic heterocycles. The Balaban J connectivity index is 0.0000331. The Kier molecular flexibility index (Phi) is 55.0. The van der Waals surface area contributed by atoms with Crippen LogP contribution >= 0.6 is 0 Å². The van der Waals surface area contributed by atoms with E-state index in [1.54, 1.807) is 19.6 Å². The first kappa shape index (κ1) is 100. The van der Waals surface area contributed by atoms with Crippen LogP contribution in [0, 0.1) is 36.9 Å². The molecule has 2 aromatic rings. The smallest absolute Gasteiger partial charge is 0.326 e. The Morgan fingerprint density at radius 2 is 0.841 bits per heavy atom. The maximum atomic E-state index is 12.5. The summed E-state index contributed by atoms with van der Waals surface area (Å²) >= 11 is 0. The van der Waals surface area contributed by atoms with Gasteiger partial charge in [-0.3, -0.25) is 58.1 Å². The SMILES string of the molecule is O=C(O)CCOCCOCCOCCOCCOCCOCCOCCOCCNc1nc(Nc2ccc(CC3CN(CC(=O)O)CCN(CC(=O)O)CCN(CC(=O)O)CCN3CC(=O)O)cc2)nc(N2CCN(CCCCCCCCCCC(=O)NCCCC[C@H](NC(=O)N[C@@H](CCC(=O)O)C(=O)O)C(=O)O)CC2)n1.[Lu]. The number of carbonyl (C=O) groups excluding carboxylic acids is 2. The summed E-state index contributed by atoms with van der Waals surface area (Å²) in [5.41, 5.74) is 1.43. The van der Waals surface area contributed by atoms with Crippen molar-refractivity contribution in [1.82, 2.24) is 55.4 Å². The van der Waals surface area contributed by atoms with Crippen LogP contribution in [0.4, 0.5) is 28.3 Å². The van der Waals surface area contributed by atoms with Crippen molar-refractivity contribution < 1.29 is 164 Å². The number of rotatable bonds is 64. The molecule has 40 nitrogen and oxygen atoms in total. The van der Waals surface area contributed by atoms with E-state index < -0.39 is 84.9 Å². The second kappa shape index (κ2) is 62.2. The van der Waals surface area contributed by atoms with Gasteiger partial charge in [-0.05, 0) is 69.2 Å². The van der Waals surface area contributed by atoms with Crippen LogP contribution in [0.1, 0.15) is 102 Å². The largest absolute Gasteiger partial charge is 0.481 e. The minimum Gasteiger partial charge on any atom is -0.481 e. The normalized spacial score (nSPS) is 15.5. The van der Waals surface area contributed by atoms with Gasteiger partial charge < -0.3 is 110 Å². The molecular formula is C72H120LuN14O26. The molecule has 1 unspecified atom stereocenters. The summed E-state index contributed by atoms with van der Waals surface area (Å²) in [6.07, 6.45) is 8.60. The molecule has 113 heavy (non-hydrogen) atoms. The molecule has 649 valence electrons. The maximum Gasteiger partial charge on any atom is 0.326 e. The number of hydrogen-bond acceptors (Lipinski definition) is 29. The molecule has 41 heteroatoms. The van der Waals surface area contributed by atoms with Crippen LogP contribution in [0.3, 0.4) is 0 Å². The van der Waals surface area contributed by atoms with Crippen molar-refractivity contribution >= 4 is 83.2 Å². The summed E-state index contributed by atoms with van der Waals surface area (Å²) in [6.45, 7) is 10.0. The van der Waals surface area contributed by atoms with Gasteiger partial charge in [-0.1, -0.05) is 50.7 Å². The molecular weight excluding hydrogens is 1650 g/mol. The van der Waals surface area contributed by atoms with Crippen molar-refractivity contribution in [2.45, 2.75) is 121 Å². The fourth-order valence-corrected chi connectivity index (χ4v) is 11.9. The number of amides is 3. The first-order valence-corrected chi connectivity index (χ1v) is 38.5. The van der Waals surface area contributed by atoms with Crippen molar-refractivity contribution in [3.05, 3.63) is 29.8 Å². The monoisotopic (exact) mass is 1770 g/mol. The fourth-order valence-electron chi connectivity index (χ4n) is 11.9. The van der Waals surface area contributed by atoms with Crippen LogP contribution in [0.2, 0.25) is 0 Å². The number of carbonyl (C=O) groups is 10. The number of ether oxygens (including phenoxy) is 8. The summed E-state index contributed by atoms with van der Waals surface area (Å²) in [7, 11) is 0. The minimum absolute atomic E-state index is 0. The third kappa shape index (κ3) is 50.7. The van der Waals surface area contributed by atoms with Crippen LogP contribution in [-0.2, 0) is 87.5 Å². The number of benzene rings is 1. The van der Waals surface area contributed by atoms with E-state index in [0.29, 0.717) is 162 Å². The molecule has 13 N–H and O–H groups in total. The molecule has 0 saturated carbocycles. The molecule has 3 atom stereocenters. The number of hydrogen-bond donors (Lipinski definition) is 13. The Bertz CT molecular complexity index is 3050.